The Morgan fingerprint density at radius 2 is 2.00 bits per heavy atom. The van der Waals surface area contributed by atoms with Crippen molar-refractivity contribution in [2.45, 2.75) is 31.3 Å². The summed E-state index contributed by atoms with van der Waals surface area (Å²) >= 11 is 0. The molecule has 2 heterocycles. The lowest BCUT2D eigenvalue weighted by Gasteiger charge is -2.24. The van der Waals surface area contributed by atoms with E-state index in [2.05, 4.69) is 27.1 Å². The van der Waals surface area contributed by atoms with Gasteiger partial charge in [0.1, 0.15) is 0 Å². The molecule has 1 aromatic rings. The van der Waals surface area contributed by atoms with E-state index in [1.807, 2.05) is 18.2 Å². The molecular weight excluding hydrogens is 326 g/mol. The molecule has 0 bridgehead atoms. The van der Waals surface area contributed by atoms with E-state index in [0.717, 1.165) is 32.1 Å². The van der Waals surface area contributed by atoms with Crippen molar-refractivity contribution >= 4 is 15.9 Å². The molecule has 0 spiro atoms. The number of amides is 1. The van der Waals surface area contributed by atoms with Crippen LogP contribution in [0.3, 0.4) is 0 Å². The van der Waals surface area contributed by atoms with Crippen molar-refractivity contribution < 1.29 is 13.2 Å². The number of hydrogen-bond donors (Lipinski definition) is 2. The standard InChI is InChI=1S/C17H25N3O3S/c1-24(22,23)19-10-9-18-17(21)14-12-16(13-6-3-2-4-7-13)20-11-5-8-15(14)20/h2-4,6-7,14-16,19H,5,8-12H2,1H3,(H,18,21)/t14-,15+,16-/m0/s1. The van der Waals surface area contributed by atoms with Gasteiger partial charge in [-0.25, -0.2) is 13.1 Å². The third-order valence-corrected chi connectivity index (χ3v) is 5.72. The largest absolute Gasteiger partial charge is 0.354 e. The molecule has 6 nitrogen and oxygen atoms in total. The van der Waals surface area contributed by atoms with E-state index in [-0.39, 0.29) is 18.4 Å². The molecule has 0 aromatic heterocycles. The highest BCUT2D eigenvalue weighted by molar-refractivity contribution is 7.88. The Morgan fingerprint density at radius 1 is 1.25 bits per heavy atom. The van der Waals surface area contributed by atoms with Gasteiger partial charge in [-0.3, -0.25) is 9.69 Å². The second kappa shape index (κ2) is 7.21. The Labute approximate surface area is 143 Å². The van der Waals surface area contributed by atoms with E-state index in [9.17, 15) is 13.2 Å². The summed E-state index contributed by atoms with van der Waals surface area (Å²) in [5, 5.41) is 2.89. The fraction of sp³-hybridized carbons (Fsp3) is 0.588. The Bertz CT molecular complexity index is 678. The zero-order valence-electron chi connectivity index (χ0n) is 13.9. The van der Waals surface area contributed by atoms with Crippen LogP contribution in [0.2, 0.25) is 0 Å². The van der Waals surface area contributed by atoms with Gasteiger partial charge in [-0.1, -0.05) is 30.3 Å². The average Bonchev–Trinajstić information content (AvgIpc) is 3.13. The van der Waals surface area contributed by atoms with Gasteiger partial charge in [-0.15, -0.1) is 0 Å². The first-order chi connectivity index (χ1) is 11.5. The maximum atomic E-state index is 12.6. The van der Waals surface area contributed by atoms with Crippen molar-refractivity contribution in [1.82, 2.24) is 14.9 Å². The summed E-state index contributed by atoms with van der Waals surface area (Å²) in [6.45, 7) is 1.60. The van der Waals surface area contributed by atoms with Crippen LogP contribution in [0.5, 0.6) is 0 Å². The minimum atomic E-state index is -3.21. The fourth-order valence-electron chi connectivity index (χ4n) is 4.00. The van der Waals surface area contributed by atoms with Crippen molar-refractivity contribution in [3.05, 3.63) is 35.9 Å². The summed E-state index contributed by atoms with van der Waals surface area (Å²) in [6, 6.07) is 11.0. The van der Waals surface area contributed by atoms with E-state index in [4.69, 9.17) is 0 Å². The average molecular weight is 351 g/mol. The van der Waals surface area contributed by atoms with Gasteiger partial charge < -0.3 is 5.32 Å². The van der Waals surface area contributed by atoms with Crippen LogP contribution < -0.4 is 10.0 Å². The molecule has 3 atom stereocenters. The lowest BCUT2D eigenvalue weighted by atomic mass is 9.93. The van der Waals surface area contributed by atoms with Crippen molar-refractivity contribution in [2.75, 3.05) is 25.9 Å². The van der Waals surface area contributed by atoms with Gasteiger partial charge >= 0.3 is 0 Å². The zero-order valence-corrected chi connectivity index (χ0v) is 14.8. The Morgan fingerprint density at radius 3 is 2.71 bits per heavy atom. The molecule has 0 unspecified atom stereocenters. The summed E-state index contributed by atoms with van der Waals surface area (Å²) in [7, 11) is -3.21. The first-order valence-corrected chi connectivity index (χ1v) is 10.4. The van der Waals surface area contributed by atoms with E-state index in [1.165, 1.54) is 5.56 Å². The number of nitrogens with one attached hydrogen (secondary N) is 2. The quantitative estimate of drug-likeness (QED) is 0.746. The Kier molecular flexibility index (Phi) is 5.22. The molecule has 7 heteroatoms. The van der Waals surface area contributed by atoms with Crippen molar-refractivity contribution in [3.8, 4) is 0 Å². The second-order valence-corrected chi connectivity index (χ2v) is 8.51. The normalized spacial score (nSPS) is 27.1. The Hall–Kier alpha value is -1.44. The van der Waals surface area contributed by atoms with Crippen LogP contribution in [0, 0.1) is 5.92 Å². The van der Waals surface area contributed by atoms with Crippen LogP contribution in [-0.2, 0) is 14.8 Å². The van der Waals surface area contributed by atoms with Gasteiger partial charge in [-0.2, -0.15) is 0 Å². The van der Waals surface area contributed by atoms with Crippen LogP contribution in [0.25, 0.3) is 0 Å². The van der Waals surface area contributed by atoms with Gasteiger partial charge in [0.15, 0.2) is 0 Å². The lowest BCUT2D eigenvalue weighted by molar-refractivity contribution is -0.125. The van der Waals surface area contributed by atoms with Gasteiger partial charge in [0, 0.05) is 25.2 Å². The molecule has 2 N–H and O–H groups in total. The number of hydrogen-bond acceptors (Lipinski definition) is 4. The van der Waals surface area contributed by atoms with E-state index >= 15 is 0 Å². The SMILES string of the molecule is CS(=O)(=O)NCCNC(=O)[C@H]1C[C@@H](c2ccccc2)N2CCC[C@H]12. The van der Waals surface area contributed by atoms with Gasteiger partial charge in [0.2, 0.25) is 15.9 Å². The number of sulfonamides is 1. The summed E-state index contributed by atoms with van der Waals surface area (Å²) < 4.78 is 24.5. The van der Waals surface area contributed by atoms with Gasteiger partial charge in [0.25, 0.3) is 0 Å². The molecule has 132 valence electrons. The maximum Gasteiger partial charge on any atom is 0.224 e. The summed E-state index contributed by atoms with van der Waals surface area (Å²) in [5.74, 6) is 0.0246. The van der Waals surface area contributed by atoms with Crippen molar-refractivity contribution in [1.29, 1.82) is 0 Å². The number of benzene rings is 1. The van der Waals surface area contributed by atoms with Crippen LogP contribution in [0.1, 0.15) is 30.9 Å². The molecule has 1 aromatic carbocycles. The topological polar surface area (TPSA) is 78.5 Å². The molecule has 2 fully saturated rings. The van der Waals surface area contributed by atoms with Crippen molar-refractivity contribution in [2.24, 2.45) is 5.92 Å². The molecule has 3 rings (SSSR count). The summed E-state index contributed by atoms with van der Waals surface area (Å²) in [6.07, 6.45) is 4.14. The maximum absolute atomic E-state index is 12.6. The molecule has 0 aliphatic carbocycles. The monoisotopic (exact) mass is 351 g/mol. The predicted octanol–water partition coefficient (Wildman–Crippen LogP) is 0.877. The van der Waals surface area contributed by atoms with Crippen LogP contribution in [0.15, 0.2) is 30.3 Å². The van der Waals surface area contributed by atoms with Gasteiger partial charge in [0.05, 0.1) is 12.2 Å². The minimum Gasteiger partial charge on any atom is -0.354 e. The third kappa shape index (κ3) is 3.96. The highest BCUT2D eigenvalue weighted by Crippen LogP contribution is 2.44. The molecule has 2 saturated heterocycles. The number of carbonyl (C=O) groups excluding carboxylic acids is 1. The third-order valence-electron chi connectivity index (χ3n) is 4.99. The molecule has 2 aliphatic heterocycles. The second-order valence-electron chi connectivity index (χ2n) is 6.67. The van der Waals surface area contributed by atoms with E-state index in [0.29, 0.717) is 18.6 Å². The smallest absolute Gasteiger partial charge is 0.224 e. The first-order valence-electron chi connectivity index (χ1n) is 8.49. The minimum absolute atomic E-state index is 0.0176. The molecule has 0 saturated carbocycles. The summed E-state index contributed by atoms with van der Waals surface area (Å²) in [5.41, 5.74) is 1.28. The predicted molar refractivity (Wildman–Crippen MR) is 92.9 cm³/mol. The lowest BCUT2D eigenvalue weighted by Crippen LogP contribution is -2.40. The highest BCUT2D eigenvalue weighted by Gasteiger charge is 2.46. The Balaban J connectivity index is 1.60. The zero-order chi connectivity index (χ0) is 17.2. The first kappa shape index (κ1) is 17.4. The van der Waals surface area contributed by atoms with E-state index < -0.39 is 10.0 Å². The number of rotatable bonds is 6. The number of carbonyl (C=O) groups is 1. The summed E-state index contributed by atoms with van der Waals surface area (Å²) in [4.78, 5) is 15.0. The van der Waals surface area contributed by atoms with Gasteiger partial charge in [-0.05, 0) is 31.4 Å². The molecular formula is C17H25N3O3S. The molecule has 0 radical (unpaired) electrons. The molecule has 24 heavy (non-hydrogen) atoms. The number of fused-ring (bicyclic) bond motifs is 1. The molecule has 1 amide bonds. The van der Waals surface area contributed by atoms with E-state index in [1.54, 1.807) is 0 Å². The van der Waals surface area contributed by atoms with Crippen LogP contribution >= 0.6 is 0 Å². The highest BCUT2D eigenvalue weighted by atomic mass is 32.2. The van der Waals surface area contributed by atoms with Crippen molar-refractivity contribution in [3.63, 3.8) is 0 Å². The van der Waals surface area contributed by atoms with Crippen LogP contribution in [-0.4, -0.2) is 51.2 Å². The van der Waals surface area contributed by atoms with Crippen LogP contribution in [0.4, 0.5) is 0 Å². The fourth-order valence-corrected chi connectivity index (χ4v) is 4.48. The molecule has 2 aliphatic rings. The number of nitrogens with zero attached hydrogens (tertiary/aromatic N) is 1.